The Morgan fingerprint density at radius 2 is 0.933 bits per heavy atom. The largest absolute Gasteiger partial charge is 0.378 e. The Kier molecular flexibility index (Phi) is 22.2. The van der Waals surface area contributed by atoms with Crippen molar-refractivity contribution in [2.45, 2.75) is 174 Å². The number of nitrogens with zero attached hydrogens (tertiary/aromatic N) is 1. The quantitative estimate of drug-likeness (QED) is 0.0626. The number of amides is 2. The van der Waals surface area contributed by atoms with E-state index in [2.05, 4.69) is 20.8 Å². The second kappa shape index (κ2) is 25.3. The number of fused-ring (bicyclic) bond motifs is 1. The van der Waals surface area contributed by atoms with E-state index in [0.717, 1.165) is 45.3 Å². The van der Waals surface area contributed by atoms with E-state index in [1.54, 1.807) is 24.3 Å². The second-order valence-corrected chi connectivity index (χ2v) is 13.3. The summed E-state index contributed by atoms with van der Waals surface area (Å²) in [7, 11) is 0. The maximum Gasteiger partial charge on any atom is 0.261 e. The van der Waals surface area contributed by atoms with E-state index in [1.807, 2.05) is 6.92 Å². The van der Waals surface area contributed by atoms with Gasteiger partial charge in [0.25, 0.3) is 11.8 Å². The molecule has 0 aromatic heterocycles. The first-order chi connectivity index (χ1) is 22.0. The molecule has 1 heterocycles. The fourth-order valence-corrected chi connectivity index (χ4v) is 6.23. The van der Waals surface area contributed by atoms with Crippen LogP contribution in [0.1, 0.15) is 177 Å². The molecule has 6 heteroatoms. The fraction of sp³-hybridized carbons (Fsp3) is 0.795. The van der Waals surface area contributed by atoms with Crippen molar-refractivity contribution in [2.24, 2.45) is 0 Å². The van der Waals surface area contributed by atoms with Crippen molar-refractivity contribution < 1.29 is 23.8 Å². The van der Waals surface area contributed by atoms with Gasteiger partial charge in [-0.25, -0.2) is 0 Å². The highest BCUT2D eigenvalue weighted by atomic mass is 16.5. The van der Waals surface area contributed by atoms with Crippen molar-refractivity contribution in [3.8, 4) is 0 Å². The standard InChI is InChI=1S/C39H67NO5/c1-5-7-9-10-11-12-13-14-15-16-17-18-19-20-21-24-29-43-33(3)31-35(45-28-8-6-2)32-34(4)44-30-27-40-38(41)36-25-22-23-26-37(36)39(40)42/h22-23,25-26,33-35H,5-21,24,27-32H2,1-4H3. The number of rotatable bonds is 30. The van der Waals surface area contributed by atoms with Gasteiger partial charge in [0.2, 0.25) is 0 Å². The molecule has 6 nitrogen and oxygen atoms in total. The average Bonchev–Trinajstić information content (AvgIpc) is 3.27. The molecule has 258 valence electrons. The summed E-state index contributed by atoms with van der Waals surface area (Å²) >= 11 is 0. The number of carbonyl (C=O) groups is 2. The van der Waals surface area contributed by atoms with Gasteiger partial charge in [0.1, 0.15) is 0 Å². The van der Waals surface area contributed by atoms with E-state index in [4.69, 9.17) is 14.2 Å². The molecular formula is C39H67NO5. The van der Waals surface area contributed by atoms with Crippen LogP contribution in [0, 0.1) is 0 Å². The molecule has 0 radical (unpaired) electrons. The molecule has 45 heavy (non-hydrogen) atoms. The lowest BCUT2D eigenvalue weighted by atomic mass is 10.0. The van der Waals surface area contributed by atoms with E-state index < -0.39 is 0 Å². The van der Waals surface area contributed by atoms with Crippen molar-refractivity contribution in [3.05, 3.63) is 35.4 Å². The highest BCUT2D eigenvalue weighted by Crippen LogP contribution is 2.22. The van der Waals surface area contributed by atoms with Gasteiger partial charge in [0.05, 0.1) is 42.6 Å². The summed E-state index contributed by atoms with van der Waals surface area (Å²) in [6.07, 6.45) is 25.9. The van der Waals surface area contributed by atoms with Gasteiger partial charge in [-0.15, -0.1) is 0 Å². The van der Waals surface area contributed by atoms with Crippen LogP contribution >= 0.6 is 0 Å². The molecule has 3 atom stereocenters. The Labute approximate surface area is 276 Å². The van der Waals surface area contributed by atoms with Crippen molar-refractivity contribution in [1.29, 1.82) is 0 Å². The van der Waals surface area contributed by atoms with E-state index >= 15 is 0 Å². The van der Waals surface area contributed by atoms with Crippen LogP contribution in [0.25, 0.3) is 0 Å². The first-order valence-electron chi connectivity index (χ1n) is 18.8. The number of benzene rings is 1. The molecule has 0 fully saturated rings. The van der Waals surface area contributed by atoms with Crippen LogP contribution in [-0.2, 0) is 14.2 Å². The van der Waals surface area contributed by atoms with Crippen LogP contribution in [0.3, 0.4) is 0 Å². The Morgan fingerprint density at radius 1 is 0.533 bits per heavy atom. The number of carbonyl (C=O) groups excluding carboxylic acids is 2. The topological polar surface area (TPSA) is 65.1 Å². The molecule has 0 aliphatic carbocycles. The summed E-state index contributed by atoms with van der Waals surface area (Å²) in [6, 6.07) is 7.00. The predicted octanol–water partition coefficient (Wildman–Crippen LogP) is 10.3. The Bertz CT molecular complexity index is 870. The third-order valence-electron chi connectivity index (χ3n) is 9.04. The molecule has 1 aromatic rings. The molecule has 1 aliphatic rings. The first kappa shape index (κ1) is 39.4. The molecule has 1 aliphatic heterocycles. The lowest BCUT2D eigenvalue weighted by Crippen LogP contribution is -2.34. The summed E-state index contributed by atoms with van der Waals surface area (Å²) < 4.78 is 18.5. The zero-order valence-corrected chi connectivity index (χ0v) is 29.5. The average molecular weight is 630 g/mol. The number of hydrogen-bond acceptors (Lipinski definition) is 5. The minimum atomic E-state index is -0.233. The lowest BCUT2D eigenvalue weighted by Gasteiger charge is -2.25. The van der Waals surface area contributed by atoms with E-state index in [9.17, 15) is 9.59 Å². The van der Waals surface area contributed by atoms with Gasteiger partial charge in [0, 0.05) is 13.2 Å². The maximum absolute atomic E-state index is 12.6. The van der Waals surface area contributed by atoms with Gasteiger partial charge < -0.3 is 14.2 Å². The molecule has 0 bridgehead atoms. The molecule has 0 spiro atoms. The SMILES string of the molecule is CCCCCCCCCCCCCCCCCCOC(C)CC(CC(C)OCCN1C(=O)c2ccccc2C1=O)OCCCC. The van der Waals surface area contributed by atoms with Gasteiger partial charge in [-0.05, 0) is 51.7 Å². The summed E-state index contributed by atoms with van der Waals surface area (Å²) in [5.41, 5.74) is 0.960. The Balaban J connectivity index is 1.51. The molecular weight excluding hydrogens is 562 g/mol. The van der Waals surface area contributed by atoms with E-state index in [1.165, 1.54) is 101 Å². The predicted molar refractivity (Wildman–Crippen MR) is 186 cm³/mol. The van der Waals surface area contributed by atoms with Crippen LogP contribution in [-0.4, -0.2) is 61.4 Å². The third-order valence-corrected chi connectivity index (χ3v) is 9.04. The third kappa shape index (κ3) is 17.1. The van der Waals surface area contributed by atoms with Crippen LogP contribution in [0.5, 0.6) is 0 Å². The zero-order chi connectivity index (χ0) is 32.5. The molecule has 0 N–H and O–H groups in total. The minimum Gasteiger partial charge on any atom is -0.378 e. The van der Waals surface area contributed by atoms with Crippen molar-refractivity contribution in [2.75, 3.05) is 26.4 Å². The van der Waals surface area contributed by atoms with Gasteiger partial charge in [0.15, 0.2) is 0 Å². The van der Waals surface area contributed by atoms with E-state index in [-0.39, 0.29) is 36.7 Å². The Hall–Kier alpha value is -1.76. The molecule has 0 saturated heterocycles. The number of unbranched alkanes of at least 4 members (excludes halogenated alkanes) is 16. The van der Waals surface area contributed by atoms with Crippen LogP contribution in [0.4, 0.5) is 0 Å². The van der Waals surface area contributed by atoms with Gasteiger partial charge in [-0.2, -0.15) is 0 Å². The smallest absolute Gasteiger partial charge is 0.261 e. The fourth-order valence-electron chi connectivity index (χ4n) is 6.23. The van der Waals surface area contributed by atoms with Crippen molar-refractivity contribution >= 4 is 11.8 Å². The summed E-state index contributed by atoms with van der Waals surface area (Å²) in [5.74, 6) is -0.467. The highest BCUT2D eigenvalue weighted by molar-refractivity contribution is 6.21. The molecule has 1 aromatic carbocycles. The summed E-state index contributed by atoms with van der Waals surface area (Å²) in [6.45, 7) is 10.8. The number of ether oxygens (including phenoxy) is 3. The van der Waals surface area contributed by atoms with Crippen molar-refractivity contribution in [3.63, 3.8) is 0 Å². The molecule has 2 rings (SSSR count). The van der Waals surface area contributed by atoms with Gasteiger partial charge in [-0.3, -0.25) is 14.5 Å². The summed E-state index contributed by atoms with van der Waals surface area (Å²) in [5, 5.41) is 0. The van der Waals surface area contributed by atoms with Crippen molar-refractivity contribution in [1.82, 2.24) is 4.90 Å². The Morgan fingerprint density at radius 3 is 1.40 bits per heavy atom. The normalized spacial score (nSPS) is 15.1. The van der Waals surface area contributed by atoms with Crippen LogP contribution < -0.4 is 0 Å². The number of hydrogen-bond donors (Lipinski definition) is 0. The molecule has 3 unspecified atom stereocenters. The highest BCUT2D eigenvalue weighted by Gasteiger charge is 2.34. The lowest BCUT2D eigenvalue weighted by molar-refractivity contribution is -0.0435. The second-order valence-electron chi connectivity index (χ2n) is 13.3. The van der Waals surface area contributed by atoms with Crippen LogP contribution in [0.15, 0.2) is 24.3 Å². The molecule has 0 saturated carbocycles. The number of imide groups is 1. The minimum absolute atomic E-state index is 0.0423. The van der Waals surface area contributed by atoms with E-state index in [0.29, 0.717) is 17.7 Å². The monoisotopic (exact) mass is 630 g/mol. The zero-order valence-electron chi connectivity index (χ0n) is 29.5. The maximum atomic E-state index is 12.6. The first-order valence-corrected chi connectivity index (χ1v) is 18.8. The van der Waals surface area contributed by atoms with Crippen LogP contribution in [0.2, 0.25) is 0 Å². The summed E-state index contributed by atoms with van der Waals surface area (Å²) in [4.78, 5) is 26.5. The van der Waals surface area contributed by atoms with Gasteiger partial charge >= 0.3 is 0 Å². The molecule has 2 amide bonds. The van der Waals surface area contributed by atoms with Gasteiger partial charge in [-0.1, -0.05) is 129 Å².